The summed E-state index contributed by atoms with van der Waals surface area (Å²) in [7, 11) is 1.70. The second-order valence-corrected chi connectivity index (χ2v) is 7.44. The second kappa shape index (κ2) is 13.1. The first kappa shape index (κ1) is 25.7. The Morgan fingerprint density at radius 3 is 2.36 bits per heavy atom. The number of Topliss-reactive ketones (excluding diaryl/α,β-unsaturated/α-hetero) is 1. The molecule has 0 aliphatic carbocycles. The lowest BCUT2D eigenvalue weighted by Crippen LogP contribution is -2.54. The van der Waals surface area contributed by atoms with Crippen molar-refractivity contribution in [2.24, 2.45) is 0 Å². The number of alkyl halides is 1. The topological polar surface area (TPSA) is 113 Å². The van der Waals surface area contributed by atoms with Gasteiger partial charge in [0.05, 0.1) is 13.0 Å². The van der Waals surface area contributed by atoms with E-state index in [0.717, 1.165) is 11.1 Å². The van der Waals surface area contributed by atoms with Crippen molar-refractivity contribution >= 4 is 24.1 Å². The van der Waals surface area contributed by atoms with E-state index in [1.54, 1.807) is 7.11 Å². The highest BCUT2D eigenvalue weighted by atomic mass is 19.1. The highest BCUT2D eigenvalue weighted by Gasteiger charge is 2.33. The van der Waals surface area contributed by atoms with Crippen LogP contribution in [0, 0.1) is 0 Å². The predicted molar refractivity (Wildman–Crippen MR) is 118 cm³/mol. The molecule has 0 aromatic heterocycles. The van der Waals surface area contributed by atoms with Crippen molar-refractivity contribution in [3.05, 3.63) is 71.3 Å². The van der Waals surface area contributed by atoms with Crippen LogP contribution in [0.25, 0.3) is 0 Å². The van der Waals surface area contributed by atoms with Crippen molar-refractivity contribution in [1.82, 2.24) is 10.2 Å². The van der Waals surface area contributed by atoms with Crippen LogP contribution in [0.5, 0.6) is 0 Å². The zero-order valence-corrected chi connectivity index (χ0v) is 18.3. The summed E-state index contributed by atoms with van der Waals surface area (Å²) >= 11 is 0. The fourth-order valence-electron chi connectivity index (χ4n) is 3.42. The predicted octanol–water partition coefficient (Wildman–Crippen LogP) is 1.90. The number of carbonyl (C=O) groups excluding carboxylic acids is 3. The zero-order chi connectivity index (χ0) is 24.2. The third kappa shape index (κ3) is 7.80. The molecule has 1 aliphatic rings. The van der Waals surface area contributed by atoms with E-state index in [1.165, 1.54) is 10.5 Å². The summed E-state index contributed by atoms with van der Waals surface area (Å²) in [6, 6.07) is 15.1. The maximum atomic E-state index is 12.6. The number of rotatable bonds is 9. The summed E-state index contributed by atoms with van der Waals surface area (Å²) in [5.74, 6) is -3.02. The number of nitrogens with zero attached hydrogens (tertiary/aromatic N) is 1. The molecule has 2 amide bonds. The molecule has 3 rings (SSSR count). The minimum Gasteiger partial charge on any atom is -0.481 e. The Morgan fingerprint density at radius 2 is 1.79 bits per heavy atom. The molecule has 2 atom stereocenters. The van der Waals surface area contributed by atoms with E-state index in [1.807, 2.05) is 54.6 Å². The minimum absolute atomic E-state index is 0.235. The van der Waals surface area contributed by atoms with Crippen molar-refractivity contribution < 1.29 is 33.4 Å². The highest BCUT2D eigenvalue weighted by Crippen LogP contribution is 2.22. The number of carboxylic acids is 1. The molecule has 0 spiro atoms. The third-order valence-corrected chi connectivity index (χ3v) is 5.09. The van der Waals surface area contributed by atoms with E-state index in [9.17, 15) is 23.6 Å². The minimum atomic E-state index is -1.45. The lowest BCUT2D eigenvalue weighted by molar-refractivity contribution is -0.141. The van der Waals surface area contributed by atoms with E-state index < -0.39 is 42.8 Å². The molecular weight excluding hydrogens is 431 g/mol. The monoisotopic (exact) mass is 458 g/mol. The zero-order valence-electron chi connectivity index (χ0n) is 18.3. The normalized spacial score (nSPS) is 15.3. The number of ether oxygens (including phenoxy) is 1. The summed E-state index contributed by atoms with van der Waals surface area (Å²) in [5, 5.41) is 11.0. The first-order valence-electron chi connectivity index (χ1n) is 10.3. The Hall–Kier alpha value is -3.59. The molecule has 33 heavy (non-hydrogen) atoms. The molecule has 1 aliphatic heterocycles. The Morgan fingerprint density at radius 1 is 1.15 bits per heavy atom. The van der Waals surface area contributed by atoms with E-state index in [0.29, 0.717) is 13.0 Å². The van der Waals surface area contributed by atoms with Gasteiger partial charge in [-0.25, -0.2) is 4.39 Å². The van der Waals surface area contributed by atoms with Crippen molar-refractivity contribution in [2.75, 3.05) is 13.8 Å². The summed E-state index contributed by atoms with van der Waals surface area (Å²) in [4.78, 5) is 47.2. The number of fused-ring (bicyclic) bond motifs is 1. The standard InChI is InChI=1S/C16H17FN2O5.C8H10O/c17-7-14(21)12(6-15(22)23)18-16(24)13-5-10-3-1-2-4-11(10)8-19(13)9-20;1-9-7-8-5-3-2-4-6-8/h1-4,9,12-13H,5-8H2,(H,18,24)(H,22,23);2-6H,7H2,1H3. The van der Waals surface area contributed by atoms with Crippen LogP contribution >= 0.6 is 0 Å². The molecule has 0 saturated heterocycles. The number of amides is 2. The van der Waals surface area contributed by atoms with E-state index in [4.69, 9.17) is 9.84 Å². The number of ketones is 1. The fraction of sp³-hybridized carbons (Fsp3) is 0.333. The number of carboxylic acid groups (broad SMARTS) is 1. The number of aliphatic carboxylic acids is 1. The SMILES string of the molecule is COCc1ccccc1.O=CN1Cc2ccccc2CC1C(=O)NC(CC(=O)O)C(=O)CF. The summed E-state index contributed by atoms with van der Waals surface area (Å²) in [6.07, 6.45) is 0.0621. The quantitative estimate of drug-likeness (QED) is 0.555. The molecule has 0 bridgehead atoms. The summed E-state index contributed by atoms with van der Waals surface area (Å²) in [6.45, 7) is -0.428. The van der Waals surface area contributed by atoms with Gasteiger partial charge in [-0.2, -0.15) is 0 Å². The van der Waals surface area contributed by atoms with Crippen LogP contribution in [-0.4, -0.2) is 59.9 Å². The van der Waals surface area contributed by atoms with Crippen LogP contribution in [0.3, 0.4) is 0 Å². The van der Waals surface area contributed by atoms with Crippen molar-refractivity contribution in [1.29, 1.82) is 0 Å². The molecular formula is C24H27FN2O6. The Labute approximate surface area is 191 Å². The lowest BCUT2D eigenvalue weighted by Gasteiger charge is -2.33. The largest absolute Gasteiger partial charge is 0.481 e. The smallest absolute Gasteiger partial charge is 0.305 e. The van der Waals surface area contributed by atoms with Gasteiger partial charge in [0, 0.05) is 20.1 Å². The van der Waals surface area contributed by atoms with Crippen molar-refractivity contribution in [3.8, 4) is 0 Å². The van der Waals surface area contributed by atoms with Gasteiger partial charge in [0.15, 0.2) is 5.78 Å². The summed E-state index contributed by atoms with van der Waals surface area (Å²) < 4.78 is 17.5. The van der Waals surface area contributed by atoms with Crippen molar-refractivity contribution in [2.45, 2.75) is 38.1 Å². The van der Waals surface area contributed by atoms with Gasteiger partial charge in [-0.05, 0) is 16.7 Å². The van der Waals surface area contributed by atoms with Crippen LogP contribution in [0.2, 0.25) is 0 Å². The molecule has 9 heteroatoms. The van der Waals surface area contributed by atoms with Crippen LogP contribution in [0.15, 0.2) is 54.6 Å². The van der Waals surface area contributed by atoms with Gasteiger partial charge in [0.25, 0.3) is 0 Å². The van der Waals surface area contributed by atoms with Gasteiger partial charge >= 0.3 is 5.97 Å². The number of benzene rings is 2. The van der Waals surface area contributed by atoms with Crippen LogP contribution in [0.1, 0.15) is 23.1 Å². The molecule has 2 N–H and O–H groups in total. The molecule has 1 heterocycles. The van der Waals surface area contributed by atoms with Gasteiger partial charge < -0.3 is 20.1 Å². The first-order valence-corrected chi connectivity index (χ1v) is 10.3. The number of halogens is 1. The fourth-order valence-corrected chi connectivity index (χ4v) is 3.42. The van der Waals surface area contributed by atoms with Crippen LogP contribution in [0.4, 0.5) is 4.39 Å². The molecule has 0 saturated carbocycles. The van der Waals surface area contributed by atoms with Gasteiger partial charge in [0.1, 0.15) is 18.8 Å². The Kier molecular flexibility index (Phi) is 10.2. The van der Waals surface area contributed by atoms with Crippen molar-refractivity contribution in [3.63, 3.8) is 0 Å². The molecule has 2 aromatic carbocycles. The number of hydrogen-bond donors (Lipinski definition) is 2. The van der Waals surface area contributed by atoms with E-state index in [-0.39, 0.29) is 13.0 Å². The third-order valence-electron chi connectivity index (χ3n) is 5.09. The molecule has 0 radical (unpaired) electrons. The first-order chi connectivity index (χ1) is 15.9. The van der Waals surface area contributed by atoms with Crippen LogP contribution < -0.4 is 5.32 Å². The van der Waals surface area contributed by atoms with Crippen LogP contribution in [-0.2, 0) is 43.5 Å². The second-order valence-electron chi connectivity index (χ2n) is 7.44. The van der Waals surface area contributed by atoms with E-state index in [2.05, 4.69) is 5.32 Å². The number of nitrogens with one attached hydrogen (secondary N) is 1. The average Bonchev–Trinajstić information content (AvgIpc) is 2.83. The lowest BCUT2D eigenvalue weighted by atomic mass is 9.93. The molecule has 2 unspecified atom stereocenters. The van der Waals surface area contributed by atoms with Gasteiger partial charge in [-0.1, -0.05) is 54.6 Å². The number of carbonyl (C=O) groups is 4. The molecule has 8 nitrogen and oxygen atoms in total. The van der Waals surface area contributed by atoms with Gasteiger partial charge in [-0.15, -0.1) is 0 Å². The Balaban J connectivity index is 0.000000357. The molecule has 0 fully saturated rings. The summed E-state index contributed by atoms with van der Waals surface area (Å²) in [5.41, 5.74) is 3.03. The molecule has 176 valence electrons. The van der Waals surface area contributed by atoms with Gasteiger partial charge in [0.2, 0.25) is 12.3 Å². The Bertz CT molecular complexity index is 953. The number of hydrogen-bond acceptors (Lipinski definition) is 5. The number of methoxy groups -OCH3 is 1. The molecule has 2 aromatic rings. The van der Waals surface area contributed by atoms with E-state index >= 15 is 0 Å². The highest BCUT2D eigenvalue weighted by molar-refractivity contribution is 5.94. The maximum Gasteiger partial charge on any atom is 0.305 e. The van der Waals surface area contributed by atoms with Gasteiger partial charge in [-0.3, -0.25) is 19.2 Å². The maximum absolute atomic E-state index is 12.6. The average molecular weight is 458 g/mol.